The fourth-order valence-corrected chi connectivity index (χ4v) is 7.32. The van der Waals surface area contributed by atoms with Crippen molar-refractivity contribution in [3.8, 4) is 0 Å². The van der Waals surface area contributed by atoms with Crippen molar-refractivity contribution in [2.24, 2.45) is 34.5 Å². The van der Waals surface area contributed by atoms with Crippen LogP contribution >= 0.6 is 0 Å². The van der Waals surface area contributed by atoms with Crippen LogP contribution in [-0.4, -0.2) is 21.9 Å². The molecule has 1 aromatic heterocycles. The lowest BCUT2D eigenvalue weighted by molar-refractivity contribution is -0.191. The van der Waals surface area contributed by atoms with Gasteiger partial charge in [0.05, 0.1) is 11.9 Å². The Bertz CT molecular complexity index is 830. The van der Waals surface area contributed by atoms with Crippen molar-refractivity contribution in [3.05, 3.63) is 30.4 Å². The Morgan fingerprint density at radius 2 is 1.89 bits per heavy atom. The molecule has 0 N–H and O–H groups in total. The van der Waals surface area contributed by atoms with Gasteiger partial charge in [-0.25, -0.2) is 0 Å². The van der Waals surface area contributed by atoms with Gasteiger partial charge < -0.3 is 0 Å². The van der Waals surface area contributed by atoms with E-state index >= 15 is 0 Å². The van der Waals surface area contributed by atoms with Crippen LogP contribution in [0, 0.1) is 34.5 Å². The minimum atomic E-state index is 0.239. The van der Waals surface area contributed by atoms with E-state index in [0.29, 0.717) is 11.7 Å². The van der Waals surface area contributed by atoms with Gasteiger partial charge in [0, 0.05) is 25.2 Å². The molecule has 0 unspecified atom stereocenters. The molecule has 0 spiro atoms. The first-order valence-corrected chi connectivity index (χ1v) is 10.4. The molecular weight excluding hydrogens is 352 g/mol. The van der Waals surface area contributed by atoms with Gasteiger partial charge in [0.15, 0.2) is 0 Å². The Kier molecular flexibility index (Phi) is 4.83. The lowest BCUT2D eigenvalue weighted by Gasteiger charge is -2.57. The van der Waals surface area contributed by atoms with Crippen LogP contribution < -0.4 is 0 Å². The summed E-state index contributed by atoms with van der Waals surface area (Å²) in [5.41, 5.74) is 3.01. The molecule has 3 fully saturated rings. The quantitative estimate of drug-likeness (QED) is 0.733. The SMILES string of the molecule is C[C@]12CC(=O)C[C@@H]1CC[C@@H]1[C@@H]2CC[C@]2(C)C(c3cnccn3)=CC[C@@H]12.O=C=O. The topological polar surface area (TPSA) is 77.0 Å². The second kappa shape index (κ2) is 7.04. The van der Waals surface area contributed by atoms with Crippen LogP contribution in [0.15, 0.2) is 24.7 Å². The molecule has 0 aliphatic heterocycles. The highest BCUT2D eigenvalue weighted by molar-refractivity contribution is 5.82. The molecule has 5 heteroatoms. The third kappa shape index (κ3) is 2.79. The molecule has 28 heavy (non-hydrogen) atoms. The number of nitrogens with zero attached hydrogens (tertiary/aromatic N) is 2. The number of hydrogen-bond donors (Lipinski definition) is 0. The Hall–Kier alpha value is -2.13. The maximum absolute atomic E-state index is 12.2. The molecule has 0 aromatic carbocycles. The fraction of sp³-hybridized carbons (Fsp3) is 0.652. The number of hydrogen-bond acceptors (Lipinski definition) is 5. The standard InChI is InChI=1S/C22H28N2O.CO2/c1-21-8-7-18-16(4-3-14-11-15(25)12-22(14,18)2)17(21)5-6-19(21)20-13-23-9-10-24-20;2-1-3/h6,9-10,13-14,16-18H,3-5,7-8,11-12H2,1-2H3;/t14-,16-,17-,18-,21-,22-;/m0./s1. The van der Waals surface area contributed by atoms with Crippen LogP contribution in [0.25, 0.3) is 5.57 Å². The number of fused-ring (bicyclic) bond motifs is 5. The number of carbonyl (C=O) groups excluding carboxylic acids is 3. The van der Waals surface area contributed by atoms with Gasteiger partial charge in [-0.3, -0.25) is 14.8 Å². The third-order valence-electron chi connectivity index (χ3n) is 8.54. The highest BCUT2D eigenvalue weighted by Crippen LogP contribution is 2.67. The van der Waals surface area contributed by atoms with E-state index in [0.717, 1.165) is 36.3 Å². The summed E-state index contributed by atoms with van der Waals surface area (Å²) in [4.78, 5) is 37.3. The van der Waals surface area contributed by atoms with Crippen LogP contribution in [-0.2, 0) is 14.4 Å². The van der Waals surface area contributed by atoms with Crippen LogP contribution in [0.3, 0.4) is 0 Å². The first-order valence-electron chi connectivity index (χ1n) is 10.4. The van der Waals surface area contributed by atoms with E-state index in [4.69, 9.17) is 9.59 Å². The number of allylic oxidation sites excluding steroid dienone is 2. The summed E-state index contributed by atoms with van der Waals surface area (Å²) >= 11 is 0. The first kappa shape index (κ1) is 19.2. The molecule has 1 heterocycles. The zero-order valence-corrected chi connectivity index (χ0v) is 16.7. The molecule has 1 aromatic rings. The summed E-state index contributed by atoms with van der Waals surface area (Å²) in [6, 6.07) is 0. The summed E-state index contributed by atoms with van der Waals surface area (Å²) in [7, 11) is 0. The number of ketones is 1. The van der Waals surface area contributed by atoms with E-state index in [-0.39, 0.29) is 17.0 Å². The zero-order chi connectivity index (χ0) is 19.9. The molecule has 0 amide bonds. The van der Waals surface area contributed by atoms with Crippen molar-refractivity contribution < 1.29 is 14.4 Å². The number of rotatable bonds is 1. The van der Waals surface area contributed by atoms with Gasteiger partial charge in [-0.2, -0.15) is 9.59 Å². The predicted molar refractivity (Wildman–Crippen MR) is 103 cm³/mol. The molecule has 0 bridgehead atoms. The Labute approximate surface area is 166 Å². The average Bonchev–Trinajstić information content (AvgIpc) is 3.18. The van der Waals surface area contributed by atoms with Crippen LogP contribution in [0.2, 0.25) is 0 Å². The first-order chi connectivity index (χ1) is 13.4. The molecule has 148 valence electrons. The summed E-state index contributed by atoms with van der Waals surface area (Å²) < 4.78 is 0. The molecule has 5 rings (SSSR count). The number of aromatic nitrogens is 2. The predicted octanol–water partition coefficient (Wildman–Crippen LogP) is 4.11. The van der Waals surface area contributed by atoms with Gasteiger partial charge in [0.2, 0.25) is 0 Å². The smallest absolute Gasteiger partial charge is 0.300 e. The van der Waals surface area contributed by atoms with Crippen molar-refractivity contribution in [3.63, 3.8) is 0 Å². The molecule has 3 saturated carbocycles. The Balaban J connectivity index is 0.000000604. The lowest BCUT2D eigenvalue weighted by Crippen LogP contribution is -2.49. The highest BCUT2D eigenvalue weighted by Gasteiger charge is 2.60. The third-order valence-corrected chi connectivity index (χ3v) is 8.54. The maximum atomic E-state index is 12.2. The van der Waals surface area contributed by atoms with Crippen LogP contribution in [0.4, 0.5) is 0 Å². The lowest BCUT2D eigenvalue weighted by atomic mass is 9.47. The molecule has 5 nitrogen and oxygen atoms in total. The monoisotopic (exact) mass is 380 g/mol. The van der Waals surface area contributed by atoms with Crippen molar-refractivity contribution in [1.29, 1.82) is 0 Å². The summed E-state index contributed by atoms with van der Waals surface area (Å²) in [6.45, 7) is 4.91. The van der Waals surface area contributed by atoms with Crippen molar-refractivity contribution in [2.75, 3.05) is 0 Å². The molecule has 0 saturated heterocycles. The van der Waals surface area contributed by atoms with Crippen molar-refractivity contribution >= 4 is 17.5 Å². The summed E-state index contributed by atoms with van der Waals surface area (Å²) in [5.74, 6) is 3.41. The van der Waals surface area contributed by atoms with Gasteiger partial charge in [-0.05, 0) is 72.2 Å². The van der Waals surface area contributed by atoms with E-state index < -0.39 is 0 Å². The molecular formula is C23H28N2O3. The van der Waals surface area contributed by atoms with Gasteiger partial charge in [0.1, 0.15) is 5.78 Å². The van der Waals surface area contributed by atoms with E-state index in [1.165, 1.54) is 37.7 Å². The van der Waals surface area contributed by atoms with E-state index in [2.05, 4.69) is 29.9 Å². The summed E-state index contributed by atoms with van der Waals surface area (Å²) in [5, 5.41) is 0. The molecule has 4 aliphatic rings. The van der Waals surface area contributed by atoms with Gasteiger partial charge in [0.25, 0.3) is 0 Å². The van der Waals surface area contributed by atoms with Crippen LogP contribution in [0.5, 0.6) is 0 Å². The maximum Gasteiger partial charge on any atom is 0.373 e. The van der Waals surface area contributed by atoms with Gasteiger partial charge in [-0.15, -0.1) is 0 Å². The largest absolute Gasteiger partial charge is 0.373 e. The molecule has 6 atom stereocenters. The van der Waals surface area contributed by atoms with Crippen molar-refractivity contribution in [1.82, 2.24) is 9.97 Å². The summed E-state index contributed by atoms with van der Waals surface area (Å²) in [6.07, 6.45) is 16.2. The Morgan fingerprint density at radius 3 is 2.61 bits per heavy atom. The van der Waals surface area contributed by atoms with E-state index in [1.54, 1.807) is 6.20 Å². The van der Waals surface area contributed by atoms with Gasteiger partial charge >= 0.3 is 6.15 Å². The van der Waals surface area contributed by atoms with E-state index in [9.17, 15) is 4.79 Å². The van der Waals surface area contributed by atoms with Crippen molar-refractivity contribution in [2.45, 2.75) is 58.8 Å². The second-order valence-corrected chi connectivity index (χ2v) is 9.56. The average molecular weight is 380 g/mol. The zero-order valence-electron chi connectivity index (χ0n) is 16.7. The fourth-order valence-electron chi connectivity index (χ4n) is 7.32. The van der Waals surface area contributed by atoms with Gasteiger partial charge in [-0.1, -0.05) is 19.9 Å². The number of carbonyl (C=O) groups is 1. The molecule has 4 aliphatic carbocycles. The highest BCUT2D eigenvalue weighted by atomic mass is 16.2. The minimum Gasteiger partial charge on any atom is -0.300 e. The van der Waals surface area contributed by atoms with E-state index in [1.807, 2.05) is 12.4 Å². The minimum absolute atomic E-state index is 0.239. The van der Waals surface area contributed by atoms with Crippen LogP contribution in [0.1, 0.15) is 64.5 Å². The normalized spacial score (nSPS) is 40.9. The second-order valence-electron chi connectivity index (χ2n) is 9.56. The number of Topliss-reactive ketones (excluding diaryl/α,β-unsaturated/α-hetero) is 1. The molecule has 0 radical (unpaired) electrons. The Morgan fingerprint density at radius 1 is 1.11 bits per heavy atom.